The molecule has 2 aromatic heterocycles. The van der Waals surface area contributed by atoms with Gasteiger partial charge in [-0.3, -0.25) is 4.79 Å². The average molecular weight is 364 g/mol. The lowest BCUT2D eigenvalue weighted by molar-refractivity contribution is 0.0704. The number of aryl methyl sites for hydroxylation is 4. The van der Waals surface area contributed by atoms with Gasteiger partial charge in [-0.25, -0.2) is 4.98 Å². The average Bonchev–Trinajstić information content (AvgIpc) is 3.29. The molecule has 4 rings (SSSR count). The number of carbonyl (C=O) groups excluding carboxylic acids is 1. The second-order valence-corrected chi connectivity index (χ2v) is 7.71. The zero-order valence-electron chi connectivity index (χ0n) is 16.7. The van der Waals surface area contributed by atoms with Crippen molar-refractivity contribution in [1.29, 1.82) is 0 Å². The van der Waals surface area contributed by atoms with Gasteiger partial charge < -0.3 is 14.5 Å². The summed E-state index contributed by atoms with van der Waals surface area (Å²) in [5.74, 6) is 1.73. The van der Waals surface area contributed by atoms with Crippen LogP contribution in [-0.2, 0) is 6.54 Å². The molecule has 1 aliphatic rings. The zero-order chi connectivity index (χ0) is 19.1. The Morgan fingerprint density at radius 3 is 2.56 bits per heavy atom. The zero-order valence-corrected chi connectivity index (χ0v) is 16.7. The molecule has 5 heteroatoms. The van der Waals surface area contributed by atoms with Crippen LogP contribution in [0.2, 0.25) is 0 Å². The minimum Gasteiger partial charge on any atom is -0.350 e. The van der Waals surface area contributed by atoms with Crippen LogP contribution in [0.1, 0.15) is 58.7 Å². The standard InChI is InChI=1S/C22H28N4O/c1-5-25-13-10-23-21(25)17-8-11-26(12-9-17)22(27)20-16(4)18-14(2)6-7-15(3)19(18)24-20/h6-7,10,13,17,24H,5,8-9,11-12H2,1-4H3. The van der Waals surface area contributed by atoms with E-state index in [0.29, 0.717) is 5.92 Å². The quantitative estimate of drug-likeness (QED) is 0.752. The third kappa shape index (κ3) is 2.95. The molecule has 1 N–H and O–H groups in total. The van der Waals surface area contributed by atoms with Crippen LogP contribution in [0.5, 0.6) is 0 Å². The monoisotopic (exact) mass is 364 g/mol. The van der Waals surface area contributed by atoms with Gasteiger partial charge >= 0.3 is 0 Å². The summed E-state index contributed by atoms with van der Waals surface area (Å²) in [5.41, 5.74) is 5.31. The third-order valence-corrected chi connectivity index (χ3v) is 6.07. The van der Waals surface area contributed by atoms with E-state index in [1.807, 2.05) is 17.3 Å². The van der Waals surface area contributed by atoms with Gasteiger partial charge in [0.25, 0.3) is 5.91 Å². The van der Waals surface area contributed by atoms with Crippen LogP contribution in [-0.4, -0.2) is 38.4 Å². The summed E-state index contributed by atoms with van der Waals surface area (Å²) in [6, 6.07) is 4.25. The topological polar surface area (TPSA) is 53.9 Å². The normalized spacial score (nSPS) is 15.6. The predicted molar refractivity (Wildman–Crippen MR) is 108 cm³/mol. The smallest absolute Gasteiger partial charge is 0.270 e. The van der Waals surface area contributed by atoms with E-state index in [4.69, 9.17) is 0 Å². The third-order valence-electron chi connectivity index (χ3n) is 6.07. The molecule has 3 heterocycles. The van der Waals surface area contributed by atoms with Crippen LogP contribution in [0.4, 0.5) is 0 Å². The number of amides is 1. The van der Waals surface area contributed by atoms with E-state index in [1.54, 1.807) is 0 Å². The molecule has 0 unspecified atom stereocenters. The summed E-state index contributed by atoms with van der Waals surface area (Å²) < 4.78 is 2.22. The lowest BCUT2D eigenvalue weighted by Crippen LogP contribution is -2.38. The van der Waals surface area contributed by atoms with Crippen molar-refractivity contribution in [2.24, 2.45) is 0 Å². The van der Waals surface area contributed by atoms with Gasteiger partial charge in [-0.05, 0) is 57.2 Å². The van der Waals surface area contributed by atoms with E-state index in [-0.39, 0.29) is 5.91 Å². The molecule has 1 fully saturated rings. The Morgan fingerprint density at radius 2 is 1.89 bits per heavy atom. The number of carbonyl (C=O) groups is 1. The van der Waals surface area contributed by atoms with Crippen LogP contribution in [0.3, 0.4) is 0 Å². The molecule has 0 atom stereocenters. The minimum absolute atomic E-state index is 0.125. The van der Waals surface area contributed by atoms with E-state index in [1.165, 1.54) is 16.5 Å². The number of H-pyrrole nitrogens is 1. The van der Waals surface area contributed by atoms with E-state index >= 15 is 0 Å². The highest BCUT2D eigenvalue weighted by Crippen LogP contribution is 2.31. The molecule has 1 amide bonds. The molecule has 3 aromatic rings. The number of aromatic amines is 1. The van der Waals surface area contributed by atoms with Crippen molar-refractivity contribution >= 4 is 16.8 Å². The molecule has 1 aliphatic heterocycles. The maximum absolute atomic E-state index is 13.2. The number of nitrogens with one attached hydrogen (secondary N) is 1. The number of fused-ring (bicyclic) bond motifs is 1. The lowest BCUT2D eigenvalue weighted by Gasteiger charge is -2.31. The van der Waals surface area contributed by atoms with Gasteiger partial charge in [0.05, 0.1) is 0 Å². The van der Waals surface area contributed by atoms with Gasteiger partial charge in [-0.2, -0.15) is 0 Å². The number of nitrogens with zero attached hydrogens (tertiary/aromatic N) is 3. The Kier molecular flexibility index (Phi) is 4.54. The molecular weight excluding hydrogens is 336 g/mol. The van der Waals surface area contributed by atoms with Gasteiger partial charge in [-0.15, -0.1) is 0 Å². The fraction of sp³-hybridized carbons (Fsp3) is 0.455. The highest BCUT2D eigenvalue weighted by molar-refractivity contribution is 6.02. The van der Waals surface area contributed by atoms with Crippen molar-refractivity contribution < 1.29 is 4.79 Å². The Hall–Kier alpha value is -2.56. The lowest BCUT2D eigenvalue weighted by atomic mass is 9.95. The Morgan fingerprint density at radius 1 is 1.19 bits per heavy atom. The summed E-state index contributed by atoms with van der Waals surface area (Å²) in [6.07, 6.45) is 5.88. The molecular formula is C22H28N4O. The highest BCUT2D eigenvalue weighted by Gasteiger charge is 2.28. The summed E-state index contributed by atoms with van der Waals surface area (Å²) in [6.45, 7) is 10.9. The second-order valence-electron chi connectivity index (χ2n) is 7.71. The summed E-state index contributed by atoms with van der Waals surface area (Å²) in [5, 5.41) is 1.19. The Balaban J connectivity index is 1.55. The number of benzene rings is 1. The highest BCUT2D eigenvalue weighted by atomic mass is 16.2. The number of hydrogen-bond acceptors (Lipinski definition) is 2. The number of rotatable bonds is 3. The van der Waals surface area contributed by atoms with Gasteiger partial charge in [0.2, 0.25) is 0 Å². The SMILES string of the molecule is CCn1ccnc1C1CCN(C(=O)c2[nH]c3c(C)ccc(C)c3c2C)CC1. The van der Waals surface area contributed by atoms with Crippen molar-refractivity contribution in [3.63, 3.8) is 0 Å². The van der Waals surface area contributed by atoms with Crippen LogP contribution < -0.4 is 0 Å². The predicted octanol–water partition coefficient (Wildman–Crippen LogP) is 4.33. The molecule has 0 aliphatic carbocycles. The van der Waals surface area contributed by atoms with E-state index in [0.717, 1.165) is 55.1 Å². The number of piperidine rings is 1. The fourth-order valence-corrected chi connectivity index (χ4v) is 4.46. The first-order valence-corrected chi connectivity index (χ1v) is 9.90. The number of hydrogen-bond donors (Lipinski definition) is 1. The van der Waals surface area contributed by atoms with Crippen molar-refractivity contribution in [2.75, 3.05) is 13.1 Å². The van der Waals surface area contributed by atoms with Crippen molar-refractivity contribution in [1.82, 2.24) is 19.4 Å². The molecule has 27 heavy (non-hydrogen) atoms. The number of likely N-dealkylation sites (tertiary alicyclic amines) is 1. The van der Waals surface area contributed by atoms with Gasteiger partial charge in [0.1, 0.15) is 11.5 Å². The van der Waals surface area contributed by atoms with Crippen molar-refractivity contribution in [2.45, 2.75) is 53.0 Å². The van der Waals surface area contributed by atoms with E-state index < -0.39 is 0 Å². The summed E-state index contributed by atoms with van der Waals surface area (Å²) in [7, 11) is 0. The summed E-state index contributed by atoms with van der Waals surface area (Å²) >= 11 is 0. The number of imidazole rings is 1. The van der Waals surface area contributed by atoms with Gasteiger partial charge in [-0.1, -0.05) is 12.1 Å². The maximum Gasteiger partial charge on any atom is 0.270 e. The van der Waals surface area contributed by atoms with Crippen molar-refractivity contribution in [3.8, 4) is 0 Å². The first-order valence-electron chi connectivity index (χ1n) is 9.90. The van der Waals surface area contributed by atoms with Crippen LogP contribution >= 0.6 is 0 Å². The molecule has 1 aromatic carbocycles. The maximum atomic E-state index is 13.2. The van der Waals surface area contributed by atoms with Crippen LogP contribution in [0.15, 0.2) is 24.5 Å². The number of aromatic nitrogens is 3. The fourth-order valence-electron chi connectivity index (χ4n) is 4.46. The molecule has 142 valence electrons. The van der Waals surface area contributed by atoms with Crippen LogP contribution in [0.25, 0.3) is 10.9 Å². The van der Waals surface area contributed by atoms with E-state index in [9.17, 15) is 4.79 Å². The Labute approximate surface area is 160 Å². The molecule has 0 radical (unpaired) electrons. The van der Waals surface area contributed by atoms with E-state index in [2.05, 4.69) is 54.4 Å². The van der Waals surface area contributed by atoms with Crippen molar-refractivity contribution in [3.05, 3.63) is 52.7 Å². The first kappa shape index (κ1) is 17.8. The summed E-state index contributed by atoms with van der Waals surface area (Å²) in [4.78, 5) is 23.2. The molecule has 0 spiro atoms. The molecule has 0 bridgehead atoms. The molecule has 1 saturated heterocycles. The first-order chi connectivity index (χ1) is 13.0. The largest absolute Gasteiger partial charge is 0.350 e. The van der Waals surface area contributed by atoms with Gasteiger partial charge in [0, 0.05) is 48.8 Å². The molecule has 0 saturated carbocycles. The van der Waals surface area contributed by atoms with Crippen LogP contribution in [0, 0.1) is 20.8 Å². The Bertz CT molecular complexity index is 989. The second kappa shape index (κ2) is 6.87. The van der Waals surface area contributed by atoms with Gasteiger partial charge in [0.15, 0.2) is 0 Å². The molecule has 5 nitrogen and oxygen atoms in total. The minimum atomic E-state index is 0.125.